The van der Waals surface area contributed by atoms with Crippen molar-refractivity contribution in [3.05, 3.63) is 71.3 Å². The van der Waals surface area contributed by atoms with Gasteiger partial charge in [-0.15, -0.1) is 0 Å². The van der Waals surface area contributed by atoms with E-state index >= 15 is 0 Å². The summed E-state index contributed by atoms with van der Waals surface area (Å²) < 4.78 is 26.6. The first-order valence-electron chi connectivity index (χ1n) is 7.45. The van der Waals surface area contributed by atoms with Gasteiger partial charge in [-0.3, -0.25) is 4.79 Å². The van der Waals surface area contributed by atoms with E-state index in [1.54, 1.807) is 0 Å². The first kappa shape index (κ1) is 19.0. The van der Waals surface area contributed by atoms with E-state index in [9.17, 15) is 33.4 Å². The maximum atomic E-state index is 13.3. The van der Waals surface area contributed by atoms with E-state index < -0.39 is 40.9 Å². The monoisotopic (exact) mass is 363 g/mol. The topological polar surface area (TPSA) is 104 Å². The van der Waals surface area contributed by atoms with Gasteiger partial charge in [0, 0.05) is 6.92 Å². The minimum absolute atomic E-state index is 0.122. The summed E-state index contributed by atoms with van der Waals surface area (Å²) in [7, 11) is 0. The molecule has 26 heavy (non-hydrogen) atoms. The van der Waals surface area contributed by atoms with Crippen LogP contribution in [0.4, 0.5) is 8.78 Å². The minimum atomic E-state index is -2.78. The third kappa shape index (κ3) is 3.53. The first-order chi connectivity index (χ1) is 12.2. The molecular weight excluding hydrogens is 348 g/mol. The van der Waals surface area contributed by atoms with Gasteiger partial charge in [-0.2, -0.15) is 0 Å². The molecule has 2 rings (SSSR count). The third-order valence-electron chi connectivity index (χ3n) is 3.89. The summed E-state index contributed by atoms with van der Waals surface area (Å²) in [5.41, 5.74) is -2.53. The van der Waals surface area contributed by atoms with Crippen LogP contribution in [0.25, 0.3) is 0 Å². The fourth-order valence-electron chi connectivity index (χ4n) is 2.80. The Balaban J connectivity index is 2.79. The number of benzene rings is 2. The molecule has 2 aromatic rings. The zero-order valence-corrected chi connectivity index (χ0v) is 13.6. The molecule has 8 heteroatoms. The molecule has 1 amide bonds. The van der Waals surface area contributed by atoms with Crippen molar-refractivity contribution in [1.82, 2.24) is 5.32 Å². The molecule has 0 radical (unpaired) electrons. The number of halogens is 2. The lowest BCUT2D eigenvalue weighted by Gasteiger charge is -2.34. The molecule has 0 aliphatic rings. The lowest BCUT2D eigenvalue weighted by molar-refractivity contribution is -0.162. The van der Waals surface area contributed by atoms with E-state index in [0.717, 1.165) is 31.2 Å². The number of carboxylic acid groups (broad SMARTS) is 2. The van der Waals surface area contributed by atoms with E-state index in [4.69, 9.17) is 0 Å². The number of hydrogen-bond acceptors (Lipinski definition) is 3. The molecular formula is C18H15F2NO5. The van der Waals surface area contributed by atoms with Gasteiger partial charge in [0.15, 0.2) is 0 Å². The van der Waals surface area contributed by atoms with Crippen molar-refractivity contribution in [1.29, 1.82) is 0 Å². The van der Waals surface area contributed by atoms with Crippen LogP contribution >= 0.6 is 0 Å². The fraction of sp³-hybridized carbons (Fsp3) is 0.167. The highest BCUT2D eigenvalue weighted by Crippen LogP contribution is 2.36. The maximum Gasteiger partial charge on any atom is 0.342 e. The summed E-state index contributed by atoms with van der Waals surface area (Å²) in [4.78, 5) is 35.5. The number of hydrogen-bond donors (Lipinski definition) is 3. The van der Waals surface area contributed by atoms with Crippen LogP contribution in [-0.4, -0.2) is 33.6 Å². The lowest BCUT2D eigenvalue weighted by atomic mass is 9.74. The Labute approximate surface area is 147 Å². The van der Waals surface area contributed by atoms with Crippen LogP contribution in [0.3, 0.4) is 0 Å². The Kier molecular flexibility index (Phi) is 5.35. The standard InChI is InChI=1S/C18H15F2NO5/c1-10(22)21-18(16(23)24,17(25)26)15(11-2-6-13(19)7-3-11)12-4-8-14(20)9-5-12/h2-9,15H,1H3,(H,21,22)(H,23,24)(H,25,26). The molecule has 0 fully saturated rings. The Hall–Kier alpha value is -3.29. The zero-order valence-electron chi connectivity index (χ0n) is 13.6. The summed E-state index contributed by atoms with van der Waals surface area (Å²) in [5.74, 6) is -7.19. The molecule has 0 aromatic heterocycles. The number of carbonyl (C=O) groups excluding carboxylic acids is 1. The van der Waals surface area contributed by atoms with Gasteiger partial charge in [0.1, 0.15) is 11.6 Å². The number of carbonyl (C=O) groups is 3. The quantitative estimate of drug-likeness (QED) is 0.682. The van der Waals surface area contributed by atoms with Gasteiger partial charge in [0.05, 0.1) is 5.92 Å². The van der Waals surface area contributed by atoms with Crippen LogP contribution in [0.2, 0.25) is 0 Å². The van der Waals surface area contributed by atoms with Crippen molar-refractivity contribution >= 4 is 17.8 Å². The average Bonchev–Trinajstić information content (AvgIpc) is 2.56. The molecule has 3 N–H and O–H groups in total. The minimum Gasteiger partial charge on any atom is -0.479 e. The van der Waals surface area contributed by atoms with Gasteiger partial charge >= 0.3 is 11.9 Å². The second-order valence-electron chi connectivity index (χ2n) is 5.64. The van der Waals surface area contributed by atoms with Crippen molar-refractivity contribution in [2.24, 2.45) is 0 Å². The second kappa shape index (κ2) is 7.30. The SMILES string of the molecule is CC(=O)NC(C(=O)O)(C(=O)O)C(c1ccc(F)cc1)c1ccc(F)cc1. The van der Waals surface area contributed by atoms with E-state index in [1.807, 2.05) is 5.32 Å². The van der Waals surface area contributed by atoms with E-state index in [-0.39, 0.29) is 11.1 Å². The normalized spacial score (nSPS) is 11.2. The van der Waals surface area contributed by atoms with Gasteiger partial charge < -0.3 is 15.5 Å². The van der Waals surface area contributed by atoms with Gasteiger partial charge in [-0.25, -0.2) is 18.4 Å². The van der Waals surface area contributed by atoms with Crippen LogP contribution in [0.15, 0.2) is 48.5 Å². The zero-order chi connectivity index (χ0) is 19.5. The molecule has 0 atom stereocenters. The number of amides is 1. The third-order valence-corrected chi connectivity index (χ3v) is 3.89. The van der Waals surface area contributed by atoms with Crippen LogP contribution in [-0.2, 0) is 14.4 Å². The summed E-state index contributed by atoms with van der Waals surface area (Å²) in [6.45, 7) is 0.979. The average molecular weight is 363 g/mol. The van der Waals surface area contributed by atoms with Gasteiger partial charge in [0.2, 0.25) is 11.4 Å². The highest BCUT2D eigenvalue weighted by atomic mass is 19.1. The maximum absolute atomic E-state index is 13.3. The van der Waals surface area contributed by atoms with Crippen LogP contribution in [0, 0.1) is 11.6 Å². The summed E-state index contributed by atoms with van der Waals surface area (Å²) in [6.07, 6.45) is 0. The van der Waals surface area contributed by atoms with Crippen molar-refractivity contribution in [3.63, 3.8) is 0 Å². The second-order valence-corrected chi connectivity index (χ2v) is 5.64. The Morgan fingerprint density at radius 2 is 1.19 bits per heavy atom. The smallest absolute Gasteiger partial charge is 0.342 e. The highest BCUT2D eigenvalue weighted by molar-refractivity contribution is 6.08. The summed E-state index contributed by atoms with van der Waals surface area (Å²) >= 11 is 0. The largest absolute Gasteiger partial charge is 0.479 e. The highest BCUT2D eigenvalue weighted by Gasteiger charge is 2.55. The molecule has 0 saturated heterocycles. The van der Waals surface area contributed by atoms with Gasteiger partial charge in [-0.05, 0) is 35.4 Å². The van der Waals surface area contributed by atoms with Crippen molar-refractivity contribution in [2.45, 2.75) is 18.4 Å². The predicted octanol–water partition coefficient (Wildman–Crippen LogP) is 2.14. The molecule has 0 aliphatic carbocycles. The Morgan fingerprint density at radius 1 is 0.846 bits per heavy atom. The van der Waals surface area contributed by atoms with Crippen molar-refractivity contribution < 1.29 is 33.4 Å². The van der Waals surface area contributed by atoms with Crippen LogP contribution in [0.5, 0.6) is 0 Å². The fourth-order valence-corrected chi connectivity index (χ4v) is 2.80. The van der Waals surface area contributed by atoms with Crippen LogP contribution < -0.4 is 5.32 Å². The molecule has 6 nitrogen and oxygen atoms in total. The van der Waals surface area contributed by atoms with E-state index in [2.05, 4.69) is 0 Å². The molecule has 2 aromatic carbocycles. The first-order valence-corrected chi connectivity index (χ1v) is 7.45. The van der Waals surface area contributed by atoms with E-state index in [0.29, 0.717) is 0 Å². The van der Waals surface area contributed by atoms with Gasteiger partial charge in [0.25, 0.3) is 0 Å². The molecule has 0 heterocycles. The predicted molar refractivity (Wildman–Crippen MR) is 86.5 cm³/mol. The number of nitrogens with one attached hydrogen (secondary N) is 1. The summed E-state index contributed by atoms with van der Waals surface area (Å²) in [6, 6.07) is 9.00. The lowest BCUT2D eigenvalue weighted by Crippen LogP contribution is -2.63. The number of carboxylic acids is 2. The number of aliphatic carboxylic acids is 2. The van der Waals surface area contributed by atoms with E-state index in [1.165, 1.54) is 24.3 Å². The molecule has 0 bridgehead atoms. The molecule has 0 unspecified atom stereocenters. The Bertz CT molecular complexity index is 774. The number of rotatable bonds is 6. The Morgan fingerprint density at radius 3 is 1.46 bits per heavy atom. The molecule has 136 valence electrons. The van der Waals surface area contributed by atoms with Crippen molar-refractivity contribution in [3.8, 4) is 0 Å². The molecule has 0 aliphatic heterocycles. The molecule has 0 saturated carbocycles. The summed E-state index contributed by atoms with van der Waals surface area (Å²) in [5, 5.41) is 21.4. The van der Waals surface area contributed by atoms with Crippen molar-refractivity contribution in [2.75, 3.05) is 0 Å². The molecule has 0 spiro atoms. The van der Waals surface area contributed by atoms with Gasteiger partial charge in [-0.1, -0.05) is 24.3 Å². The van der Waals surface area contributed by atoms with Crippen LogP contribution in [0.1, 0.15) is 24.0 Å².